The topological polar surface area (TPSA) is 96.0 Å². The summed E-state index contributed by atoms with van der Waals surface area (Å²) >= 11 is 0. The van der Waals surface area contributed by atoms with E-state index in [9.17, 15) is 18.0 Å². The van der Waals surface area contributed by atoms with Gasteiger partial charge in [-0.3, -0.25) is 13.9 Å². The van der Waals surface area contributed by atoms with E-state index in [1.807, 2.05) is 74.5 Å². The molecule has 0 saturated heterocycles. The van der Waals surface area contributed by atoms with Crippen LogP contribution in [0.5, 0.6) is 11.5 Å². The largest absolute Gasteiger partial charge is 0.457 e. The van der Waals surface area contributed by atoms with Gasteiger partial charge in [-0.1, -0.05) is 73.2 Å². The summed E-state index contributed by atoms with van der Waals surface area (Å²) in [5, 5.41) is 2.85. The minimum atomic E-state index is -4.16. The summed E-state index contributed by atoms with van der Waals surface area (Å²) in [6.45, 7) is 5.58. The minimum Gasteiger partial charge on any atom is -0.457 e. The lowest BCUT2D eigenvalue weighted by Crippen LogP contribution is -2.51. The van der Waals surface area contributed by atoms with E-state index in [2.05, 4.69) is 5.32 Å². The molecule has 0 bridgehead atoms. The molecule has 0 aliphatic heterocycles. The molecule has 4 aromatic rings. The van der Waals surface area contributed by atoms with Crippen LogP contribution in [-0.4, -0.2) is 44.3 Å². The van der Waals surface area contributed by atoms with E-state index in [-0.39, 0.29) is 23.0 Å². The highest BCUT2D eigenvalue weighted by atomic mass is 32.2. The number of carbonyl (C=O) groups is 2. The van der Waals surface area contributed by atoms with E-state index in [1.165, 1.54) is 17.0 Å². The lowest BCUT2D eigenvalue weighted by molar-refractivity contribution is -0.139. The predicted molar refractivity (Wildman–Crippen MR) is 168 cm³/mol. The third kappa shape index (κ3) is 8.23. The summed E-state index contributed by atoms with van der Waals surface area (Å²) in [4.78, 5) is 28.5. The zero-order chi connectivity index (χ0) is 30.8. The Morgan fingerprint density at radius 2 is 1.40 bits per heavy atom. The number of nitrogens with one attached hydrogen (secondary N) is 1. The quantitative estimate of drug-likeness (QED) is 0.206. The Balaban J connectivity index is 1.68. The Morgan fingerprint density at radius 3 is 2.00 bits per heavy atom. The molecule has 0 aliphatic rings. The van der Waals surface area contributed by atoms with Crippen LogP contribution < -0.4 is 14.4 Å². The number of rotatable bonds is 13. The molecule has 0 spiro atoms. The third-order valence-electron chi connectivity index (χ3n) is 6.90. The van der Waals surface area contributed by atoms with Gasteiger partial charge >= 0.3 is 0 Å². The lowest BCUT2D eigenvalue weighted by atomic mass is 10.1. The predicted octanol–water partition coefficient (Wildman–Crippen LogP) is 5.93. The lowest BCUT2D eigenvalue weighted by Gasteiger charge is -2.32. The second-order valence-electron chi connectivity index (χ2n) is 10.2. The normalized spacial score (nSPS) is 11.8. The summed E-state index contributed by atoms with van der Waals surface area (Å²) in [6, 6.07) is 30.7. The van der Waals surface area contributed by atoms with Gasteiger partial charge in [-0.25, -0.2) is 8.42 Å². The van der Waals surface area contributed by atoms with Crippen LogP contribution in [0.15, 0.2) is 114 Å². The molecule has 224 valence electrons. The minimum absolute atomic E-state index is 0.0545. The maximum absolute atomic E-state index is 14.0. The molecule has 0 aromatic heterocycles. The van der Waals surface area contributed by atoms with E-state index in [4.69, 9.17) is 4.74 Å². The highest BCUT2D eigenvalue weighted by Crippen LogP contribution is 2.28. The van der Waals surface area contributed by atoms with Crippen LogP contribution >= 0.6 is 0 Å². The Bertz CT molecular complexity index is 1590. The van der Waals surface area contributed by atoms with Crippen molar-refractivity contribution in [3.8, 4) is 11.5 Å². The van der Waals surface area contributed by atoms with Crippen molar-refractivity contribution in [3.05, 3.63) is 120 Å². The average molecular weight is 600 g/mol. The van der Waals surface area contributed by atoms with Gasteiger partial charge in [-0.15, -0.1) is 0 Å². The first kappa shape index (κ1) is 31.3. The Labute approximate surface area is 254 Å². The molecule has 0 aliphatic carbocycles. The summed E-state index contributed by atoms with van der Waals surface area (Å²) in [5.74, 6) is 0.340. The molecular formula is C34H37N3O5S. The van der Waals surface area contributed by atoms with E-state index in [1.54, 1.807) is 43.3 Å². The van der Waals surface area contributed by atoms with Gasteiger partial charge in [0.25, 0.3) is 10.0 Å². The number of benzene rings is 4. The average Bonchev–Trinajstić information content (AvgIpc) is 3.02. The smallest absolute Gasteiger partial charge is 0.264 e. The molecule has 0 fully saturated rings. The summed E-state index contributed by atoms with van der Waals surface area (Å²) in [5.41, 5.74) is 2.02. The maximum atomic E-state index is 14.0. The van der Waals surface area contributed by atoms with E-state index >= 15 is 0 Å². The van der Waals surface area contributed by atoms with Crippen LogP contribution in [0.3, 0.4) is 0 Å². The molecule has 43 heavy (non-hydrogen) atoms. The van der Waals surface area contributed by atoms with E-state index < -0.39 is 28.5 Å². The van der Waals surface area contributed by atoms with Gasteiger partial charge in [0.2, 0.25) is 11.8 Å². The fourth-order valence-electron chi connectivity index (χ4n) is 4.43. The summed E-state index contributed by atoms with van der Waals surface area (Å²) in [7, 11) is -4.16. The van der Waals surface area contributed by atoms with Crippen molar-refractivity contribution in [2.45, 2.75) is 44.7 Å². The Hall–Kier alpha value is -4.63. The van der Waals surface area contributed by atoms with Crippen molar-refractivity contribution in [2.24, 2.45) is 0 Å². The van der Waals surface area contributed by atoms with Crippen molar-refractivity contribution in [3.63, 3.8) is 0 Å². The highest BCUT2D eigenvalue weighted by molar-refractivity contribution is 7.92. The van der Waals surface area contributed by atoms with Crippen molar-refractivity contribution >= 4 is 27.5 Å². The molecule has 0 heterocycles. The molecular weight excluding hydrogens is 562 g/mol. The fraction of sp³-hybridized carbons (Fsp3) is 0.235. The van der Waals surface area contributed by atoms with Crippen LogP contribution in [0.4, 0.5) is 5.69 Å². The zero-order valence-corrected chi connectivity index (χ0v) is 25.5. The fourth-order valence-corrected chi connectivity index (χ4v) is 5.84. The second-order valence-corrected chi connectivity index (χ2v) is 12.1. The third-order valence-corrected chi connectivity index (χ3v) is 8.69. The van der Waals surface area contributed by atoms with Crippen LogP contribution in [0.1, 0.15) is 31.4 Å². The number of hydrogen-bond acceptors (Lipinski definition) is 5. The van der Waals surface area contributed by atoms with Crippen molar-refractivity contribution in [1.82, 2.24) is 10.2 Å². The molecule has 4 aromatic carbocycles. The molecule has 8 nitrogen and oxygen atoms in total. The summed E-state index contributed by atoms with van der Waals surface area (Å²) < 4.78 is 35.0. The van der Waals surface area contributed by atoms with Crippen molar-refractivity contribution in [2.75, 3.05) is 17.4 Å². The van der Waals surface area contributed by atoms with Gasteiger partial charge < -0.3 is 15.0 Å². The summed E-state index contributed by atoms with van der Waals surface area (Å²) in [6.07, 6.45) is 0.748. The standard InChI is InChI=1S/C34H37N3O5S/c1-4-23-35-34(39)27(3)36(24-28-11-7-5-8-12-28)33(38)25-37(43(40,41)32-21-15-26(2)16-22-32)29-17-19-31(20-18-29)42-30-13-9-6-10-14-30/h5-22,27H,4,23-25H2,1-3H3,(H,35,39)/t27-/m0/s1. The van der Waals surface area contributed by atoms with Gasteiger partial charge in [0, 0.05) is 13.1 Å². The van der Waals surface area contributed by atoms with Gasteiger partial charge in [-0.05, 0) is 74.4 Å². The highest BCUT2D eigenvalue weighted by Gasteiger charge is 2.32. The van der Waals surface area contributed by atoms with E-state index in [0.717, 1.165) is 21.9 Å². The van der Waals surface area contributed by atoms with E-state index in [0.29, 0.717) is 18.0 Å². The molecule has 2 amide bonds. The Morgan fingerprint density at radius 1 is 0.814 bits per heavy atom. The number of sulfonamides is 1. The van der Waals surface area contributed by atoms with Gasteiger partial charge in [-0.2, -0.15) is 0 Å². The number of hydrogen-bond donors (Lipinski definition) is 1. The van der Waals surface area contributed by atoms with Gasteiger partial charge in [0.1, 0.15) is 24.1 Å². The van der Waals surface area contributed by atoms with Crippen LogP contribution in [-0.2, 0) is 26.2 Å². The molecule has 0 saturated carbocycles. The zero-order valence-electron chi connectivity index (χ0n) is 24.6. The van der Waals surface area contributed by atoms with Gasteiger partial charge in [0.05, 0.1) is 10.6 Å². The number of carbonyl (C=O) groups excluding carboxylic acids is 2. The number of para-hydroxylation sites is 1. The molecule has 1 atom stereocenters. The van der Waals surface area contributed by atoms with Crippen molar-refractivity contribution in [1.29, 1.82) is 0 Å². The van der Waals surface area contributed by atoms with Crippen LogP contribution in [0.2, 0.25) is 0 Å². The number of aryl methyl sites for hydroxylation is 1. The van der Waals surface area contributed by atoms with Crippen molar-refractivity contribution < 1.29 is 22.7 Å². The maximum Gasteiger partial charge on any atom is 0.264 e. The number of ether oxygens (including phenoxy) is 1. The SMILES string of the molecule is CCCNC(=O)[C@H](C)N(Cc1ccccc1)C(=O)CN(c1ccc(Oc2ccccc2)cc1)S(=O)(=O)c1ccc(C)cc1. The number of amides is 2. The Kier molecular flexibility index (Phi) is 10.6. The molecule has 4 rings (SSSR count). The molecule has 0 radical (unpaired) electrons. The molecule has 1 N–H and O–H groups in total. The second kappa shape index (κ2) is 14.5. The first-order chi connectivity index (χ1) is 20.7. The van der Waals surface area contributed by atoms with Crippen LogP contribution in [0, 0.1) is 6.92 Å². The monoisotopic (exact) mass is 599 g/mol. The van der Waals surface area contributed by atoms with Crippen LogP contribution in [0.25, 0.3) is 0 Å². The van der Waals surface area contributed by atoms with Gasteiger partial charge in [0.15, 0.2) is 0 Å². The number of anilines is 1. The number of nitrogens with zero attached hydrogens (tertiary/aromatic N) is 2. The molecule has 0 unspecified atom stereocenters. The first-order valence-corrected chi connectivity index (χ1v) is 15.7. The molecule has 9 heteroatoms. The first-order valence-electron chi connectivity index (χ1n) is 14.2.